The molecule has 4 fully saturated rings. The van der Waals surface area contributed by atoms with Gasteiger partial charge in [-0.1, -0.05) is 188 Å². The summed E-state index contributed by atoms with van der Waals surface area (Å²) in [5.41, 5.74) is 6.00. The molecule has 2 aliphatic heterocycles. The zero-order valence-electron chi connectivity index (χ0n) is 45.8. The van der Waals surface area contributed by atoms with Crippen molar-refractivity contribution in [3.05, 3.63) is 245 Å². The zero-order valence-corrected chi connectivity index (χ0v) is 45.8. The van der Waals surface area contributed by atoms with E-state index in [0.29, 0.717) is 30.8 Å². The maximum atomic E-state index is 14.8. The van der Waals surface area contributed by atoms with Gasteiger partial charge in [-0.05, 0) is 70.5 Å². The van der Waals surface area contributed by atoms with Crippen molar-refractivity contribution in [2.45, 2.75) is 145 Å². The molecular weight excluding hydrogens is 1020 g/mol. The molecule has 11 rings (SSSR count). The molecule has 0 aromatic heterocycles. The van der Waals surface area contributed by atoms with Gasteiger partial charge in [0.25, 0.3) is 0 Å². The van der Waals surface area contributed by atoms with Gasteiger partial charge in [0.1, 0.15) is 60.7 Å². The highest BCUT2D eigenvalue weighted by molar-refractivity contribution is 5.89. The summed E-state index contributed by atoms with van der Waals surface area (Å²) in [6, 6.07) is 66.6. The van der Waals surface area contributed by atoms with Gasteiger partial charge in [0, 0.05) is 12.8 Å². The predicted octanol–water partition coefficient (Wildman–Crippen LogP) is 11.9. The summed E-state index contributed by atoms with van der Waals surface area (Å²) in [6.07, 6.45) is -5.84. The quantitative estimate of drug-likeness (QED) is 0.0533. The molecule has 0 bridgehead atoms. The summed E-state index contributed by atoms with van der Waals surface area (Å²) in [5.74, 6) is -0.811. The molecule has 2 heterocycles. The van der Waals surface area contributed by atoms with E-state index in [0.717, 1.165) is 52.6 Å². The normalized spacial score (nSPS) is 25.9. The third-order valence-electron chi connectivity index (χ3n) is 15.5. The number of benzene rings is 7. The van der Waals surface area contributed by atoms with Crippen molar-refractivity contribution < 1.29 is 61.6 Å². The SMILES string of the molecule is COc1ccc(CO[C@H]2[C@H](OCc3ccccc3)[C@@H](OC(=O)c3ccccc3)[C@@H](O[C@@H]3[C@@H](OCc4ccccc4)[C@H](OCc4ccccc4)[C@@H](OCc4ccccc4)[C@H]4OC5(CCCCC5)O[C@@H]34)O[C@@H]2COCc2ccccc2)cc1. The highest BCUT2D eigenvalue weighted by Gasteiger charge is 2.64. The highest BCUT2D eigenvalue weighted by Crippen LogP contribution is 2.49. The van der Waals surface area contributed by atoms with Gasteiger partial charge in [-0.3, -0.25) is 0 Å². The van der Waals surface area contributed by atoms with Gasteiger partial charge in [0.15, 0.2) is 18.2 Å². The Morgan fingerprint density at radius 3 is 1.31 bits per heavy atom. The molecule has 11 atom stereocenters. The van der Waals surface area contributed by atoms with Crippen LogP contribution < -0.4 is 4.74 Å². The van der Waals surface area contributed by atoms with Gasteiger partial charge < -0.3 is 56.8 Å². The Kier molecular flexibility index (Phi) is 19.4. The fourth-order valence-corrected chi connectivity index (χ4v) is 11.4. The largest absolute Gasteiger partial charge is 0.497 e. The van der Waals surface area contributed by atoms with Crippen molar-refractivity contribution in [1.29, 1.82) is 0 Å². The zero-order chi connectivity index (χ0) is 55.1. The van der Waals surface area contributed by atoms with E-state index in [4.69, 9.17) is 56.8 Å². The Morgan fingerprint density at radius 2 is 0.827 bits per heavy atom. The van der Waals surface area contributed by atoms with E-state index in [1.165, 1.54) is 0 Å². The third-order valence-corrected chi connectivity index (χ3v) is 15.5. The van der Waals surface area contributed by atoms with Crippen LogP contribution in [-0.2, 0) is 91.7 Å². The second-order valence-corrected chi connectivity index (χ2v) is 21.2. The van der Waals surface area contributed by atoms with E-state index in [1.807, 2.05) is 182 Å². The van der Waals surface area contributed by atoms with E-state index in [-0.39, 0.29) is 39.6 Å². The van der Waals surface area contributed by atoms with Gasteiger partial charge in [0.2, 0.25) is 0 Å². The molecule has 81 heavy (non-hydrogen) atoms. The Morgan fingerprint density at radius 1 is 0.432 bits per heavy atom. The van der Waals surface area contributed by atoms with Crippen molar-refractivity contribution >= 4 is 5.97 Å². The van der Waals surface area contributed by atoms with Crippen LogP contribution in [0.2, 0.25) is 0 Å². The molecular formula is C68H72O13. The monoisotopic (exact) mass is 1100 g/mol. The molecule has 0 unspecified atom stereocenters. The van der Waals surface area contributed by atoms with Crippen LogP contribution >= 0.6 is 0 Å². The molecule has 13 heteroatoms. The first-order valence-corrected chi connectivity index (χ1v) is 28.4. The fourth-order valence-electron chi connectivity index (χ4n) is 11.4. The maximum absolute atomic E-state index is 14.8. The minimum atomic E-state index is -1.33. The molecule has 0 N–H and O–H groups in total. The maximum Gasteiger partial charge on any atom is 0.338 e. The lowest BCUT2D eigenvalue weighted by Gasteiger charge is -2.50. The Hall–Kier alpha value is -6.59. The van der Waals surface area contributed by atoms with Gasteiger partial charge in [-0.25, -0.2) is 4.79 Å². The smallest absolute Gasteiger partial charge is 0.338 e. The van der Waals surface area contributed by atoms with Crippen LogP contribution in [-0.4, -0.2) is 92.8 Å². The van der Waals surface area contributed by atoms with E-state index < -0.39 is 79.1 Å². The molecule has 1 spiro atoms. The van der Waals surface area contributed by atoms with Crippen LogP contribution in [0.1, 0.15) is 75.8 Å². The van der Waals surface area contributed by atoms with Crippen LogP contribution in [0.4, 0.5) is 0 Å². The minimum absolute atomic E-state index is 0.0537. The fraction of sp³-hybridized carbons (Fsp3) is 0.368. The Bertz CT molecular complexity index is 2950. The summed E-state index contributed by atoms with van der Waals surface area (Å²) in [4.78, 5) is 14.8. The standard InChI is InChI=1S/C68H72O13/c1-70-55-37-35-53(36-38-55)46-72-57-56(47-71-41-48-23-9-2-10-24-48)77-67(65(78-66(69)54-33-19-7-20-34-54)58(57)73-42-49-25-11-3-12-26-49)79-62-60(75-44-51-29-15-5-16-30-51)59(74-43-50-27-13-4-14-28-50)61(76-45-52-31-17-6-18-32-52)63-64(62)81-68(80-63)39-21-8-22-40-68/h2-7,9-20,23-38,56-65,67H,8,21-22,39-47H2,1H3/t56-,57-,58+,59+,60+,61-,62-,63-,64+,65-,67-/m1/s1. The highest BCUT2D eigenvalue weighted by atomic mass is 16.8. The third kappa shape index (κ3) is 14.5. The average molecular weight is 1100 g/mol. The van der Waals surface area contributed by atoms with Gasteiger partial charge in [0.05, 0.1) is 58.9 Å². The minimum Gasteiger partial charge on any atom is -0.497 e. The van der Waals surface area contributed by atoms with Crippen LogP contribution in [0, 0.1) is 0 Å². The van der Waals surface area contributed by atoms with Crippen molar-refractivity contribution in [2.75, 3.05) is 13.7 Å². The van der Waals surface area contributed by atoms with E-state index in [9.17, 15) is 4.79 Å². The van der Waals surface area contributed by atoms with Crippen molar-refractivity contribution in [3.8, 4) is 5.75 Å². The summed E-state index contributed by atoms with van der Waals surface area (Å²) >= 11 is 0. The van der Waals surface area contributed by atoms with E-state index in [1.54, 1.807) is 31.4 Å². The number of esters is 1. The first kappa shape index (κ1) is 56.3. The predicted molar refractivity (Wildman–Crippen MR) is 302 cm³/mol. The number of methoxy groups -OCH3 is 1. The van der Waals surface area contributed by atoms with E-state index in [2.05, 4.69) is 0 Å². The summed E-state index contributed by atoms with van der Waals surface area (Å²) in [5, 5.41) is 0. The molecule has 7 aromatic rings. The second kappa shape index (κ2) is 27.9. The summed E-state index contributed by atoms with van der Waals surface area (Å²) in [7, 11) is 1.63. The Labute approximate surface area is 475 Å². The first-order valence-electron chi connectivity index (χ1n) is 28.4. The first-order chi connectivity index (χ1) is 40.0. The number of carbonyl (C=O) groups is 1. The van der Waals surface area contributed by atoms with Gasteiger partial charge in [-0.15, -0.1) is 0 Å². The van der Waals surface area contributed by atoms with Crippen LogP contribution in [0.15, 0.2) is 206 Å². The van der Waals surface area contributed by atoms with Crippen LogP contribution in [0.5, 0.6) is 5.75 Å². The Balaban J connectivity index is 1.02. The van der Waals surface area contributed by atoms with Crippen molar-refractivity contribution in [2.24, 2.45) is 0 Å². The number of fused-ring (bicyclic) bond motifs is 1. The summed E-state index contributed by atoms with van der Waals surface area (Å²) < 4.78 is 84.2. The van der Waals surface area contributed by atoms with E-state index >= 15 is 0 Å². The molecule has 13 nitrogen and oxygen atoms in total. The molecule has 2 saturated carbocycles. The lowest BCUT2D eigenvalue weighted by Crippen LogP contribution is -2.68. The van der Waals surface area contributed by atoms with Crippen molar-refractivity contribution in [1.82, 2.24) is 0 Å². The molecule has 4 aliphatic rings. The van der Waals surface area contributed by atoms with Crippen molar-refractivity contribution in [3.63, 3.8) is 0 Å². The second-order valence-electron chi connectivity index (χ2n) is 21.2. The van der Waals surface area contributed by atoms with Gasteiger partial charge in [-0.2, -0.15) is 0 Å². The molecule has 422 valence electrons. The molecule has 2 saturated heterocycles. The number of hydrogen-bond acceptors (Lipinski definition) is 13. The molecule has 0 amide bonds. The average Bonchev–Trinajstić information content (AvgIpc) is 4.08. The number of rotatable bonds is 24. The van der Waals surface area contributed by atoms with Crippen LogP contribution in [0.3, 0.4) is 0 Å². The number of carbonyl (C=O) groups excluding carboxylic acids is 1. The number of hydrogen-bond donors (Lipinski definition) is 0. The molecule has 7 aromatic carbocycles. The number of ether oxygens (including phenoxy) is 12. The molecule has 0 radical (unpaired) electrons. The summed E-state index contributed by atoms with van der Waals surface area (Å²) in [6.45, 7) is 1.35. The molecule has 2 aliphatic carbocycles. The topological polar surface area (TPSA) is 128 Å². The lowest BCUT2D eigenvalue weighted by molar-refractivity contribution is -0.350. The van der Waals surface area contributed by atoms with Gasteiger partial charge >= 0.3 is 5.97 Å². The van der Waals surface area contributed by atoms with Crippen LogP contribution in [0.25, 0.3) is 0 Å². The lowest BCUT2D eigenvalue weighted by atomic mass is 9.83.